The molecule has 1 N–H and O–H groups in total. The van der Waals surface area contributed by atoms with Crippen molar-refractivity contribution < 1.29 is 22.7 Å². The molecule has 118 valence electrons. The lowest BCUT2D eigenvalue weighted by molar-refractivity contribution is -0.146. The molecule has 0 saturated heterocycles. The van der Waals surface area contributed by atoms with Gasteiger partial charge in [-0.25, -0.2) is 4.79 Å². The summed E-state index contributed by atoms with van der Waals surface area (Å²) in [4.78, 5) is 11.9. The highest BCUT2D eigenvalue weighted by atomic mass is 79.9. The Hall–Kier alpha value is -1.24. The van der Waals surface area contributed by atoms with E-state index in [2.05, 4.69) is 21.2 Å². The van der Waals surface area contributed by atoms with Crippen molar-refractivity contribution in [3.63, 3.8) is 0 Å². The SMILES string of the molecule is CCCC(C)(Nc1ccc(Br)cc1C(F)(F)F)C(=O)OC. The number of ether oxygens (including phenoxy) is 1. The molecule has 1 aromatic carbocycles. The number of methoxy groups -OCH3 is 1. The molecule has 1 aromatic rings. The number of hydrogen-bond acceptors (Lipinski definition) is 3. The van der Waals surface area contributed by atoms with Crippen molar-refractivity contribution in [2.45, 2.75) is 38.4 Å². The Morgan fingerprint density at radius 1 is 1.38 bits per heavy atom. The first-order valence-electron chi connectivity index (χ1n) is 6.37. The van der Waals surface area contributed by atoms with E-state index >= 15 is 0 Å². The fourth-order valence-corrected chi connectivity index (χ4v) is 2.46. The lowest BCUT2D eigenvalue weighted by Gasteiger charge is -2.30. The summed E-state index contributed by atoms with van der Waals surface area (Å²) < 4.78 is 44.3. The second-order valence-electron chi connectivity index (χ2n) is 4.89. The van der Waals surface area contributed by atoms with E-state index in [-0.39, 0.29) is 5.69 Å². The zero-order valence-electron chi connectivity index (χ0n) is 12.0. The van der Waals surface area contributed by atoms with Gasteiger partial charge in [0.05, 0.1) is 12.7 Å². The summed E-state index contributed by atoms with van der Waals surface area (Å²) in [6.07, 6.45) is -3.54. The molecule has 0 spiro atoms. The zero-order chi connectivity index (χ0) is 16.3. The predicted octanol–water partition coefficient (Wildman–Crippen LogP) is 4.61. The van der Waals surface area contributed by atoms with E-state index in [1.54, 1.807) is 0 Å². The number of halogens is 4. The molecule has 0 amide bonds. The van der Waals surface area contributed by atoms with Crippen LogP contribution in [0.4, 0.5) is 18.9 Å². The molecule has 1 rings (SSSR count). The van der Waals surface area contributed by atoms with E-state index in [4.69, 9.17) is 4.74 Å². The van der Waals surface area contributed by atoms with Gasteiger partial charge in [0.1, 0.15) is 5.54 Å². The second-order valence-corrected chi connectivity index (χ2v) is 5.80. The van der Waals surface area contributed by atoms with E-state index in [1.165, 1.54) is 26.2 Å². The van der Waals surface area contributed by atoms with Crippen molar-refractivity contribution in [1.29, 1.82) is 0 Å². The van der Waals surface area contributed by atoms with Crippen LogP contribution in [0, 0.1) is 0 Å². The van der Waals surface area contributed by atoms with Crippen LogP contribution >= 0.6 is 15.9 Å². The van der Waals surface area contributed by atoms with Crippen LogP contribution in [0.1, 0.15) is 32.3 Å². The maximum atomic E-state index is 13.1. The number of alkyl halides is 3. The van der Waals surface area contributed by atoms with Crippen LogP contribution in [0.2, 0.25) is 0 Å². The molecule has 0 heterocycles. The first-order valence-corrected chi connectivity index (χ1v) is 7.16. The van der Waals surface area contributed by atoms with Gasteiger partial charge in [-0.15, -0.1) is 0 Å². The Morgan fingerprint density at radius 2 is 2.00 bits per heavy atom. The molecule has 0 aromatic heterocycles. The molecule has 7 heteroatoms. The molecular formula is C14H17BrF3NO2. The van der Waals surface area contributed by atoms with Gasteiger partial charge in [0.15, 0.2) is 0 Å². The quantitative estimate of drug-likeness (QED) is 0.772. The number of carbonyl (C=O) groups excluding carboxylic acids is 1. The highest BCUT2D eigenvalue weighted by Crippen LogP contribution is 2.38. The van der Waals surface area contributed by atoms with Gasteiger partial charge in [-0.2, -0.15) is 13.2 Å². The summed E-state index contributed by atoms with van der Waals surface area (Å²) in [7, 11) is 1.21. The molecule has 0 aliphatic heterocycles. The average molecular weight is 368 g/mol. The third-order valence-corrected chi connectivity index (χ3v) is 3.58. The van der Waals surface area contributed by atoms with Crippen LogP contribution in [-0.2, 0) is 15.7 Å². The maximum absolute atomic E-state index is 13.1. The topological polar surface area (TPSA) is 38.3 Å². The van der Waals surface area contributed by atoms with Crippen LogP contribution in [-0.4, -0.2) is 18.6 Å². The molecule has 0 radical (unpaired) electrons. The molecule has 1 unspecified atom stereocenters. The minimum absolute atomic E-state index is 0.146. The van der Waals surface area contributed by atoms with Gasteiger partial charge in [-0.3, -0.25) is 0 Å². The first kappa shape index (κ1) is 17.8. The number of rotatable bonds is 5. The monoisotopic (exact) mass is 367 g/mol. The van der Waals surface area contributed by atoms with E-state index in [0.29, 0.717) is 17.3 Å². The van der Waals surface area contributed by atoms with Gasteiger partial charge in [0.25, 0.3) is 0 Å². The Kier molecular flexibility index (Phi) is 5.67. The van der Waals surface area contributed by atoms with Crippen molar-refractivity contribution in [2.75, 3.05) is 12.4 Å². The number of anilines is 1. The molecular weight excluding hydrogens is 351 g/mol. The van der Waals surface area contributed by atoms with E-state index in [0.717, 1.165) is 6.07 Å². The normalized spacial score (nSPS) is 14.4. The molecule has 0 aliphatic carbocycles. The Balaban J connectivity index is 3.24. The third-order valence-electron chi connectivity index (χ3n) is 3.08. The predicted molar refractivity (Wildman–Crippen MR) is 78.1 cm³/mol. The summed E-state index contributed by atoms with van der Waals surface area (Å²) in [6.45, 7) is 3.37. The van der Waals surface area contributed by atoms with Crippen LogP contribution in [0.5, 0.6) is 0 Å². The van der Waals surface area contributed by atoms with Crippen molar-refractivity contribution >= 4 is 27.6 Å². The standard InChI is InChI=1S/C14H17BrF3NO2/c1-4-7-13(2,12(20)21-3)19-11-6-5-9(15)8-10(11)14(16,17)18/h5-6,8,19H,4,7H2,1-3H3. The summed E-state index contributed by atoms with van der Waals surface area (Å²) in [5.74, 6) is -0.597. The summed E-state index contributed by atoms with van der Waals surface area (Å²) >= 11 is 3.02. The first-order chi connectivity index (χ1) is 9.64. The van der Waals surface area contributed by atoms with Gasteiger partial charge in [0.2, 0.25) is 0 Å². The van der Waals surface area contributed by atoms with Crippen LogP contribution < -0.4 is 5.32 Å². The number of esters is 1. The molecule has 0 bridgehead atoms. The van der Waals surface area contributed by atoms with Gasteiger partial charge in [0, 0.05) is 10.2 Å². The van der Waals surface area contributed by atoms with Crippen molar-refractivity contribution in [2.24, 2.45) is 0 Å². The third kappa shape index (κ3) is 4.36. The smallest absolute Gasteiger partial charge is 0.418 e. The summed E-state index contributed by atoms with van der Waals surface area (Å²) in [5, 5.41) is 2.69. The lowest BCUT2D eigenvalue weighted by Crippen LogP contribution is -2.44. The zero-order valence-corrected chi connectivity index (χ0v) is 13.6. The maximum Gasteiger partial charge on any atom is 0.418 e. The Morgan fingerprint density at radius 3 is 2.48 bits per heavy atom. The van der Waals surface area contributed by atoms with Crippen LogP contribution in [0.15, 0.2) is 22.7 Å². The Bertz CT molecular complexity index is 519. The molecule has 1 atom stereocenters. The fraction of sp³-hybridized carbons (Fsp3) is 0.500. The van der Waals surface area contributed by atoms with Crippen molar-refractivity contribution in [3.05, 3.63) is 28.2 Å². The summed E-state index contributed by atoms with van der Waals surface area (Å²) in [6, 6.07) is 3.76. The minimum atomic E-state index is -4.52. The van der Waals surface area contributed by atoms with E-state index in [9.17, 15) is 18.0 Å². The van der Waals surface area contributed by atoms with Gasteiger partial charge >= 0.3 is 12.1 Å². The largest absolute Gasteiger partial charge is 0.467 e. The van der Waals surface area contributed by atoms with Crippen LogP contribution in [0.3, 0.4) is 0 Å². The van der Waals surface area contributed by atoms with Gasteiger partial charge in [-0.1, -0.05) is 29.3 Å². The number of carbonyl (C=O) groups is 1. The number of nitrogens with one attached hydrogen (secondary N) is 1. The van der Waals surface area contributed by atoms with Crippen molar-refractivity contribution in [1.82, 2.24) is 0 Å². The van der Waals surface area contributed by atoms with Gasteiger partial charge in [-0.05, 0) is 31.5 Å². The highest BCUT2D eigenvalue weighted by molar-refractivity contribution is 9.10. The fourth-order valence-electron chi connectivity index (χ4n) is 2.10. The lowest BCUT2D eigenvalue weighted by atomic mass is 9.95. The molecule has 0 fully saturated rings. The van der Waals surface area contributed by atoms with Crippen molar-refractivity contribution in [3.8, 4) is 0 Å². The molecule has 3 nitrogen and oxygen atoms in total. The molecule has 0 aliphatic rings. The number of benzene rings is 1. The van der Waals surface area contributed by atoms with Gasteiger partial charge < -0.3 is 10.1 Å². The van der Waals surface area contributed by atoms with Crippen LogP contribution in [0.25, 0.3) is 0 Å². The Labute approximate surface area is 130 Å². The average Bonchev–Trinajstić information content (AvgIpc) is 2.39. The minimum Gasteiger partial charge on any atom is -0.467 e. The van der Waals surface area contributed by atoms with E-state index < -0.39 is 23.2 Å². The highest BCUT2D eigenvalue weighted by Gasteiger charge is 2.38. The number of hydrogen-bond donors (Lipinski definition) is 1. The molecule has 0 saturated carbocycles. The second kappa shape index (κ2) is 6.68. The molecule has 21 heavy (non-hydrogen) atoms. The van der Waals surface area contributed by atoms with E-state index in [1.807, 2.05) is 6.92 Å². The summed E-state index contributed by atoms with van der Waals surface area (Å²) in [5.41, 5.74) is -2.19.